The number of carbonyl (C=O) groups is 2. The Hall–Kier alpha value is -3.64. The molecule has 1 atom stereocenters. The van der Waals surface area contributed by atoms with Crippen molar-refractivity contribution in [2.45, 2.75) is 18.9 Å². The summed E-state index contributed by atoms with van der Waals surface area (Å²) in [6.45, 7) is 1.51. The molecule has 0 heterocycles. The molecule has 2 amide bonds. The monoisotopic (exact) mass is 416 g/mol. The van der Waals surface area contributed by atoms with Crippen molar-refractivity contribution in [3.05, 3.63) is 89.5 Å². The second-order valence-corrected chi connectivity index (χ2v) is 7.56. The zero-order valence-corrected chi connectivity index (χ0v) is 17.2. The fraction of sp³-hybridized carbons (Fsp3) is 0.200. The Kier molecular flexibility index (Phi) is 6.00. The molecule has 158 valence electrons. The van der Waals surface area contributed by atoms with E-state index < -0.39 is 24.6 Å². The SMILES string of the molecule is Cc1cccc(NC(=O)[C@H](CO)NC(=O)OCC2c3ccccc3-c3ccccc32)c1. The largest absolute Gasteiger partial charge is 0.449 e. The van der Waals surface area contributed by atoms with Crippen molar-refractivity contribution < 1.29 is 19.4 Å². The van der Waals surface area contributed by atoms with Gasteiger partial charge in [0.15, 0.2) is 0 Å². The molecule has 6 heteroatoms. The maximum atomic E-state index is 12.4. The number of anilines is 1. The van der Waals surface area contributed by atoms with Crippen molar-refractivity contribution in [3.8, 4) is 11.1 Å². The Morgan fingerprint density at radius 3 is 2.23 bits per heavy atom. The highest BCUT2D eigenvalue weighted by Crippen LogP contribution is 2.44. The highest BCUT2D eigenvalue weighted by molar-refractivity contribution is 5.96. The molecule has 0 aliphatic heterocycles. The number of aryl methyl sites for hydroxylation is 1. The van der Waals surface area contributed by atoms with Crippen LogP contribution in [0.5, 0.6) is 0 Å². The maximum absolute atomic E-state index is 12.4. The number of aliphatic hydroxyl groups excluding tert-OH is 1. The number of fused-ring (bicyclic) bond motifs is 3. The second kappa shape index (κ2) is 9.02. The third kappa shape index (κ3) is 4.44. The number of ether oxygens (including phenoxy) is 1. The third-order valence-corrected chi connectivity index (χ3v) is 5.42. The number of hydrogen-bond acceptors (Lipinski definition) is 4. The van der Waals surface area contributed by atoms with E-state index in [2.05, 4.69) is 22.8 Å². The summed E-state index contributed by atoms with van der Waals surface area (Å²) in [6.07, 6.45) is -0.750. The average Bonchev–Trinajstić information content (AvgIpc) is 3.10. The molecule has 0 spiro atoms. The summed E-state index contributed by atoms with van der Waals surface area (Å²) in [5, 5.41) is 14.7. The van der Waals surface area contributed by atoms with Gasteiger partial charge in [0.25, 0.3) is 0 Å². The Morgan fingerprint density at radius 2 is 1.61 bits per heavy atom. The van der Waals surface area contributed by atoms with Gasteiger partial charge in [0.1, 0.15) is 12.6 Å². The molecule has 0 unspecified atom stereocenters. The van der Waals surface area contributed by atoms with Gasteiger partial charge in [-0.1, -0.05) is 60.7 Å². The van der Waals surface area contributed by atoms with Gasteiger partial charge in [-0.25, -0.2) is 4.79 Å². The molecule has 4 rings (SSSR count). The van der Waals surface area contributed by atoms with Crippen LogP contribution >= 0.6 is 0 Å². The van der Waals surface area contributed by atoms with Crippen LogP contribution in [0.1, 0.15) is 22.6 Å². The van der Waals surface area contributed by atoms with Crippen molar-refractivity contribution in [2.24, 2.45) is 0 Å². The van der Waals surface area contributed by atoms with Gasteiger partial charge in [-0.15, -0.1) is 0 Å². The highest BCUT2D eigenvalue weighted by Gasteiger charge is 2.29. The van der Waals surface area contributed by atoms with Gasteiger partial charge in [0.05, 0.1) is 6.61 Å². The molecule has 3 aromatic rings. The molecular weight excluding hydrogens is 392 g/mol. The predicted octanol–water partition coefficient (Wildman–Crippen LogP) is 3.83. The van der Waals surface area contributed by atoms with Crippen molar-refractivity contribution in [2.75, 3.05) is 18.5 Å². The normalized spacial score (nSPS) is 13.1. The molecule has 31 heavy (non-hydrogen) atoms. The molecule has 3 aromatic carbocycles. The zero-order chi connectivity index (χ0) is 21.8. The molecule has 6 nitrogen and oxygen atoms in total. The van der Waals surface area contributed by atoms with Crippen LogP contribution in [-0.2, 0) is 9.53 Å². The van der Waals surface area contributed by atoms with Gasteiger partial charge in [0, 0.05) is 11.6 Å². The van der Waals surface area contributed by atoms with E-state index in [-0.39, 0.29) is 12.5 Å². The van der Waals surface area contributed by atoms with E-state index >= 15 is 0 Å². The minimum absolute atomic E-state index is 0.0770. The highest BCUT2D eigenvalue weighted by atomic mass is 16.5. The number of carbonyl (C=O) groups excluding carboxylic acids is 2. The average molecular weight is 416 g/mol. The quantitative estimate of drug-likeness (QED) is 0.570. The number of rotatable bonds is 6. The van der Waals surface area contributed by atoms with Crippen LogP contribution in [-0.4, -0.2) is 36.4 Å². The molecule has 0 aromatic heterocycles. The van der Waals surface area contributed by atoms with Crippen LogP contribution in [0.15, 0.2) is 72.8 Å². The summed E-state index contributed by atoms with van der Waals surface area (Å²) in [6, 6.07) is 22.3. The standard InChI is InChI=1S/C25H24N2O4/c1-16-7-6-8-17(13-16)26-24(29)23(14-28)27-25(30)31-15-22-20-11-4-2-9-18(20)19-10-3-5-12-21(19)22/h2-13,22-23,28H,14-15H2,1H3,(H,26,29)(H,27,30)/t23-/m0/s1. The van der Waals surface area contributed by atoms with E-state index in [1.54, 1.807) is 12.1 Å². The first-order valence-corrected chi connectivity index (χ1v) is 10.2. The Balaban J connectivity index is 1.39. The van der Waals surface area contributed by atoms with Crippen LogP contribution in [0.2, 0.25) is 0 Å². The molecule has 0 saturated carbocycles. The lowest BCUT2D eigenvalue weighted by Gasteiger charge is -2.18. The van der Waals surface area contributed by atoms with Crippen LogP contribution in [0, 0.1) is 6.92 Å². The molecule has 0 radical (unpaired) electrons. The first kappa shape index (κ1) is 20.6. The molecule has 1 aliphatic carbocycles. The van der Waals surface area contributed by atoms with Crippen molar-refractivity contribution in [1.29, 1.82) is 0 Å². The lowest BCUT2D eigenvalue weighted by Crippen LogP contribution is -2.46. The van der Waals surface area contributed by atoms with Crippen molar-refractivity contribution >= 4 is 17.7 Å². The van der Waals surface area contributed by atoms with Crippen molar-refractivity contribution in [1.82, 2.24) is 5.32 Å². The van der Waals surface area contributed by atoms with Gasteiger partial charge >= 0.3 is 6.09 Å². The molecule has 0 bridgehead atoms. The Bertz CT molecular complexity index is 1070. The van der Waals surface area contributed by atoms with E-state index in [0.717, 1.165) is 27.8 Å². The number of hydrogen-bond donors (Lipinski definition) is 3. The maximum Gasteiger partial charge on any atom is 0.407 e. The number of alkyl carbamates (subject to hydrolysis) is 1. The number of nitrogens with one attached hydrogen (secondary N) is 2. The zero-order valence-electron chi connectivity index (χ0n) is 17.2. The number of benzene rings is 3. The molecular formula is C25H24N2O4. The van der Waals surface area contributed by atoms with Crippen LogP contribution < -0.4 is 10.6 Å². The topological polar surface area (TPSA) is 87.7 Å². The fourth-order valence-electron chi connectivity index (χ4n) is 3.93. The summed E-state index contributed by atoms with van der Waals surface area (Å²) in [4.78, 5) is 24.8. The predicted molar refractivity (Wildman–Crippen MR) is 119 cm³/mol. The summed E-state index contributed by atoms with van der Waals surface area (Å²) in [5.41, 5.74) is 6.07. The van der Waals surface area contributed by atoms with E-state index in [9.17, 15) is 14.7 Å². The lowest BCUT2D eigenvalue weighted by atomic mass is 9.98. The van der Waals surface area contributed by atoms with Gasteiger partial charge in [-0.3, -0.25) is 4.79 Å². The summed E-state index contributed by atoms with van der Waals surface area (Å²) >= 11 is 0. The molecule has 0 fully saturated rings. The minimum atomic E-state index is -1.11. The Labute approximate surface area is 180 Å². The van der Waals surface area contributed by atoms with Gasteiger partial charge in [-0.05, 0) is 46.9 Å². The first-order valence-electron chi connectivity index (χ1n) is 10.2. The summed E-state index contributed by atoms with van der Waals surface area (Å²) < 4.78 is 5.45. The molecule has 0 saturated heterocycles. The van der Waals surface area contributed by atoms with E-state index in [4.69, 9.17) is 4.74 Å². The smallest absolute Gasteiger partial charge is 0.407 e. The number of aliphatic hydroxyl groups is 1. The minimum Gasteiger partial charge on any atom is -0.449 e. The number of amides is 2. The Morgan fingerprint density at radius 1 is 0.968 bits per heavy atom. The molecule has 1 aliphatic rings. The lowest BCUT2D eigenvalue weighted by molar-refractivity contribution is -0.118. The molecule has 3 N–H and O–H groups in total. The third-order valence-electron chi connectivity index (χ3n) is 5.42. The first-order chi connectivity index (χ1) is 15.1. The fourth-order valence-corrected chi connectivity index (χ4v) is 3.93. The van der Waals surface area contributed by atoms with Crippen LogP contribution in [0.25, 0.3) is 11.1 Å². The van der Waals surface area contributed by atoms with Crippen molar-refractivity contribution in [3.63, 3.8) is 0 Å². The van der Waals surface area contributed by atoms with Gasteiger partial charge in [-0.2, -0.15) is 0 Å². The van der Waals surface area contributed by atoms with Crippen LogP contribution in [0.3, 0.4) is 0 Å². The van der Waals surface area contributed by atoms with E-state index in [0.29, 0.717) is 5.69 Å². The van der Waals surface area contributed by atoms with Crippen LogP contribution in [0.4, 0.5) is 10.5 Å². The van der Waals surface area contributed by atoms with Gasteiger partial charge in [0.2, 0.25) is 5.91 Å². The summed E-state index contributed by atoms with van der Waals surface area (Å²) in [5.74, 6) is -0.589. The van der Waals surface area contributed by atoms with E-state index in [1.165, 1.54) is 0 Å². The van der Waals surface area contributed by atoms with E-state index in [1.807, 2.05) is 55.5 Å². The summed E-state index contributed by atoms with van der Waals surface area (Å²) in [7, 11) is 0. The second-order valence-electron chi connectivity index (χ2n) is 7.56. The van der Waals surface area contributed by atoms with Gasteiger partial charge < -0.3 is 20.5 Å².